The maximum atomic E-state index is 11.9. The van der Waals surface area contributed by atoms with Crippen molar-refractivity contribution in [1.29, 1.82) is 0 Å². The van der Waals surface area contributed by atoms with Gasteiger partial charge in [0.15, 0.2) is 0 Å². The van der Waals surface area contributed by atoms with E-state index in [9.17, 15) is 4.79 Å². The molecule has 3 nitrogen and oxygen atoms in total. The second-order valence-electron chi connectivity index (χ2n) is 3.73. The summed E-state index contributed by atoms with van der Waals surface area (Å²) >= 11 is 8.23. The van der Waals surface area contributed by atoms with Crippen LogP contribution >= 0.6 is 43.2 Å². The van der Waals surface area contributed by atoms with Crippen LogP contribution < -0.4 is 10.6 Å². The van der Waals surface area contributed by atoms with E-state index in [-0.39, 0.29) is 5.91 Å². The van der Waals surface area contributed by atoms with Gasteiger partial charge in [-0.25, -0.2) is 0 Å². The number of carbonyl (C=O) groups excluding carboxylic acids is 1. The van der Waals surface area contributed by atoms with Crippen LogP contribution in [0.25, 0.3) is 0 Å². The van der Waals surface area contributed by atoms with E-state index in [1.54, 1.807) is 0 Å². The van der Waals surface area contributed by atoms with E-state index in [1.807, 2.05) is 6.07 Å². The average molecular weight is 368 g/mol. The smallest absolute Gasteiger partial charge is 0.261 e. The van der Waals surface area contributed by atoms with Gasteiger partial charge >= 0.3 is 0 Å². The minimum Gasteiger partial charge on any atom is -0.349 e. The van der Waals surface area contributed by atoms with Crippen LogP contribution in [0.3, 0.4) is 0 Å². The molecule has 1 saturated heterocycles. The number of carbonyl (C=O) groups is 1. The van der Waals surface area contributed by atoms with Gasteiger partial charge in [-0.3, -0.25) is 4.79 Å². The molecule has 1 aliphatic rings. The van der Waals surface area contributed by atoms with Gasteiger partial charge in [0.2, 0.25) is 0 Å². The highest BCUT2D eigenvalue weighted by Crippen LogP contribution is 2.32. The summed E-state index contributed by atoms with van der Waals surface area (Å²) < 4.78 is 1.90. The maximum Gasteiger partial charge on any atom is 0.261 e. The van der Waals surface area contributed by atoms with Crippen molar-refractivity contribution >= 4 is 49.1 Å². The third-order valence-electron chi connectivity index (χ3n) is 2.54. The average Bonchev–Trinajstić information content (AvgIpc) is 2.61. The van der Waals surface area contributed by atoms with Gasteiger partial charge < -0.3 is 10.6 Å². The normalized spacial score (nSPS) is 17.4. The van der Waals surface area contributed by atoms with Crippen molar-refractivity contribution in [2.75, 3.05) is 13.1 Å². The molecule has 0 aromatic carbocycles. The second kappa shape index (κ2) is 5.62. The number of hydrogen-bond acceptors (Lipinski definition) is 3. The molecule has 0 unspecified atom stereocenters. The lowest BCUT2D eigenvalue weighted by Gasteiger charge is -2.23. The molecule has 1 aliphatic heterocycles. The number of hydrogen-bond donors (Lipinski definition) is 2. The Morgan fingerprint density at radius 2 is 2.12 bits per heavy atom. The first kappa shape index (κ1) is 12.5. The van der Waals surface area contributed by atoms with Crippen LogP contribution in [-0.4, -0.2) is 25.0 Å². The van der Waals surface area contributed by atoms with E-state index in [0.29, 0.717) is 6.04 Å². The molecule has 1 aromatic rings. The Balaban J connectivity index is 1.96. The predicted molar refractivity (Wildman–Crippen MR) is 73.1 cm³/mol. The summed E-state index contributed by atoms with van der Waals surface area (Å²) in [5.41, 5.74) is 0. The van der Waals surface area contributed by atoms with Gasteiger partial charge in [0, 0.05) is 10.5 Å². The first-order valence-electron chi connectivity index (χ1n) is 5.13. The number of amides is 1. The first-order valence-corrected chi connectivity index (χ1v) is 7.53. The number of nitrogens with one attached hydrogen (secondary N) is 2. The number of halogens is 2. The molecule has 0 atom stereocenters. The molecule has 2 rings (SSSR count). The van der Waals surface area contributed by atoms with Crippen molar-refractivity contribution in [2.45, 2.75) is 18.9 Å². The third-order valence-corrected chi connectivity index (χ3v) is 5.80. The van der Waals surface area contributed by atoms with Crippen LogP contribution in [0, 0.1) is 0 Å². The highest BCUT2D eigenvalue weighted by molar-refractivity contribution is 9.13. The Morgan fingerprint density at radius 1 is 1.44 bits per heavy atom. The van der Waals surface area contributed by atoms with Gasteiger partial charge in [-0.15, -0.1) is 11.3 Å². The molecule has 0 aliphatic carbocycles. The van der Waals surface area contributed by atoms with Gasteiger partial charge in [-0.1, -0.05) is 0 Å². The zero-order valence-corrected chi connectivity index (χ0v) is 12.5. The van der Waals surface area contributed by atoms with E-state index in [1.165, 1.54) is 11.3 Å². The minimum absolute atomic E-state index is 0.0308. The molecular weight excluding hydrogens is 356 g/mol. The van der Waals surface area contributed by atoms with Crippen LogP contribution in [0.15, 0.2) is 14.3 Å². The predicted octanol–water partition coefficient (Wildman–Crippen LogP) is 2.75. The van der Waals surface area contributed by atoms with Gasteiger partial charge in [0.05, 0.1) is 8.66 Å². The molecule has 1 aromatic heterocycles. The second-order valence-corrected chi connectivity index (χ2v) is 6.95. The number of rotatable bonds is 2. The largest absolute Gasteiger partial charge is 0.349 e. The van der Waals surface area contributed by atoms with Crippen molar-refractivity contribution < 1.29 is 4.79 Å². The summed E-state index contributed by atoms with van der Waals surface area (Å²) in [4.78, 5) is 12.7. The van der Waals surface area contributed by atoms with Crippen LogP contribution in [0.1, 0.15) is 22.5 Å². The lowest BCUT2D eigenvalue weighted by atomic mass is 10.1. The molecule has 0 radical (unpaired) electrons. The molecule has 2 heterocycles. The van der Waals surface area contributed by atoms with Crippen LogP contribution in [0.2, 0.25) is 0 Å². The van der Waals surface area contributed by atoms with E-state index in [2.05, 4.69) is 42.5 Å². The summed E-state index contributed by atoms with van der Waals surface area (Å²) in [6.45, 7) is 1.98. The molecule has 6 heteroatoms. The Morgan fingerprint density at radius 3 is 2.69 bits per heavy atom. The third kappa shape index (κ3) is 3.06. The SMILES string of the molecule is O=C(NC1CCNCC1)c1cc(Br)c(Br)s1. The van der Waals surface area contributed by atoms with Crippen LogP contribution in [0.4, 0.5) is 0 Å². The number of thiophene rings is 1. The monoisotopic (exact) mass is 366 g/mol. The van der Waals surface area contributed by atoms with E-state index in [0.717, 1.165) is 39.1 Å². The maximum absolute atomic E-state index is 11.9. The van der Waals surface area contributed by atoms with Gasteiger partial charge in [-0.2, -0.15) is 0 Å². The topological polar surface area (TPSA) is 41.1 Å². The van der Waals surface area contributed by atoms with Crippen molar-refractivity contribution in [1.82, 2.24) is 10.6 Å². The van der Waals surface area contributed by atoms with Crippen molar-refractivity contribution in [3.63, 3.8) is 0 Å². The Labute approximate surface area is 115 Å². The fourth-order valence-electron chi connectivity index (χ4n) is 1.68. The number of piperidine rings is 1. The van der Waals surface area contributed by atoms with Crippen LogP contribution in [-0.2, 0) is 0 Å². The molecular formula is C10H12Br2N2OS. The zero-order chi connectivity index (χ0) is 11.5. The van der Waals surface area contributed by atoms with Crippen molar-refractivity contribution in [3.8, 4) is 0 Å². The van der Waals surface area contributed by atoms with Gasteiger partial charge in [0.25, 0.3) is 5.91 Å². The summed E-state index contributed by atoms with van der Waals surface area (Å²) in [7, 11) is 0. The fourth-order valence-corrected chi connectivity index (χ4v) is 3.62. The Bertz CT molecular complexity index is 369. The van der Waals surface area contributed by atoms with E-state index >= 15 is 0 Å². The Hall–Kier alpha value is 0.0900. The first-order chi connectivity index (χ1) is 7.66. The van der Waals surface area contributed by atoms with Gasteiger partial charge in [-0.05, 0) is 63.9 Å². The summed E-state index contributed by atoms with van der Waals surface area (Å²) in [6.07, 6.45) is 2.03. The molecule has 0 spiro atoms. The summed E-state index contributed by atoms with van der Waals surface area (Å²) in [5.74, 6) is 0.0308. The highest BCUT2D eigenvalue weighted by atomic mass is 79.9. The molecule has 0 bridgehead atoms. The highest BCUT2D eigenvalue weighted by Gasteiger charge is 2.18. The molecule has 2 N–H and O–H groups in total. The fraction of sp³-hybridized carbons (Fsp3) is 0.500. The van der Waals surface area contributed by atoms with Gasteiger partial charge in [0.1, 0.15) is 0 Å². The lowest BCUT2D eigenvalue weighted by molar-refractivity contribution is 0.0933. The van der Waals surface area contributed by atoms with Crippen molar-refractivity contribution in [3.05, 3.63) is 19.2 Å². The van der Waals surface area contributed by atoms with E-state index in [4.69, 9.17) is 0 Å². The molecule has 0 saturated carbocycles. The standard InChI is InChI=1S/C10H12Br2N2OS/c11-7-5-8(16-9(7)12)10(15)14-6-1-3-13-4-2-6/h5-6,13H,1-4H2,(H,14,15). The molecule has 16 heavy (non-hydrogen) atoms. The molecule has 1 fully saturated rings. The zero-order valence-electron chi connectivity index (χ0n) is 8.56. The van der Waals surface area contributed by atoms with Crippen LogP contribution in [0.5, 0.6) is 0 Å². The van der Waals surface area contributed by atoms with Crippen molar-refractivity contribution in [2.24, 2.45) is 0 Å². The summed E-state index contributed by atoms with van der Waals surface area (Å²) in [6, 6.07) is 2.17. The summed E-state index contributed by atoms with van der Waals surface area (Å²) in [5, 5.41) is 6.34. The molecule has 1 amide bonds. The van der Waals surface area contributed by atoms with E-state index < -0.39 is 0 Å². The molecule has 88 valence electrons. The quantitative estimate of drug-likeness (QED) is 0.843. The Kier molecular flexibility index (Phi) is 4.41. The minimum atomic E-state index is 0.0308. The lowest BCUT2D eigenvalue weighted by Crippen LogP contribution is -2.42.